The zero-order chi connectivity index (χ0) is 24.8. The van der Waals surface area contributed by atoms with E-state index in [-0.39, 0.29) is 11.3 Å². The van der Waals surface area contributed by atoms with E-state index in [4.69, 9.17) is 9.47 Å². The van der Waals surface area contributed by atoms with Crippen LogP contribution in [0.1, 0.15) is 43.5 Å². The van der Waals surface area contributed by atoms with E-state index in [1.165, 1.54) is 0 Å². The van der Waals surface area contributed by atoms with Crippen LogP contribution in [0, 0.1) is 6.92 Å². The average molecular weight is 467 g/mol. The lowest BCUT2D eigenvalue weighted by atomic mass is 9.94. The van der Waals surface area contributed by atoms with Gasteiger partial charge < -0.3 is 24.4 Å². The number of carbonyl (C=O) groups is 2. The van der Waals surface area contributed by atoms with E-state index < -0.39 is 17.7 Å². The minimum absolute atomic E-state index is 0.0956. The molecule has 0 spiro atoms. The molecule has 1 amide bonds. The molecule has 3 rings (SSSR count). The highest BCUT2D eigenvalue weighted by atomic mass is 16.5. The zero-order valence-electron chi connectivity index (χ0n) is 20.6. The Balaban J connectivity index is 2.09. The van der Waals surface area contributed by atoms with Gasteiger partial charge in [0.1, 0.15) is 17.3 Å². The van der Waals surface area contributed by atoms with Crippen LogP contribution in [0.15, 0.2) is 48.0 Å². The average Bonchev–Trinajstić information content (AvgIpc) is 3.10. The molecule has 1 atom stereocenters. The van der Waals surface area contributed by atoms with Crippen molar-refractivity contribution in [1.29, 1.82) is 0 Å². The van der Waals surface area contributed by atoms with Gasteiger partial charge in [0.2, 0.25) is 0 Å². The Bertz CT molecular complexity index is 1060. The number of likely N-dealkylation sites (N-methyl/N-ethyl adjacent to an activating group) is 1. The Hall–Kier alpha value is -3.32. The fourth-order valence-corrected chi connectivity index (χ4v) is 4.30. The van der Waals surface area contributed by atoms with Crippen molar-refractivity contribution in [2.75, 3.05) is 39.9 Å². The fourth-order valence-electron chi connectivity index (χ4n) is 4.30. The van der Waals surface area contributed by atoms with E-state index in [1.54, 1.807) is 42.3 Å². The number of amides is 1. The second-order valence-electron chi connectivity index (χ2n) is 8.21. The standard InChI is InChI=1S/C27H34N2O5/c1-6-28(7-2)15-16-29-24(19-9-12-21(33-5)13-10-19)23(26(31)27(29)32)25(30)20-11-14-22(34-8-3)18(4)17-20/h9-14,17,24,30H,6-8,15-16H2,1-5H3/t24-/m1/s1. The summed E-state index contributed by atoms with van der Waals surface area (Å²) in [6, 6.07) is 11.8. The van der Waals surface area contributed by atoms with Gasteiger partial charge in [-0.1, -0.05) is 26.0 Å². The van der Waals surface area contributed by atoms with Crippen LogP contribution in [0.3, 0.4) is 0 Å². The van der Waals surface area contributed by atoms with E-state index >= 15 is 0 Å². The monoisotopic (exact) mass is 466 g/mol. The Morgan fingerprint density at radius 1 is 1.06 bits per heavy atom. The predicted molar refractivity (Wildman–Crippen MR) is 132 cm³/mol. The summed E-state index contributed by atoms with van der Waals surface area (Å²) < 4.78 is 10.9. The van der Waals surface area contributed by atoms with Gasteiger partial charge >= 0.3 is 0 Å². The van der Waals surface area contributed by atoms with E-state index in [0.29, 0.717) is 36.8 Å². The summed E-state index contributed by atoms with van der Waals surface area (Å²) in [7, 11) is 1.58. The molecular weight excluding hydrogens is 432 g/mol. The third kappa shape index (κ3) is 5.09. The van der Waals surface area contributed by atoms with Crippen LogP contribution in [-0.2, 0) is 9.59 Å². The van der Waals surface area contributed by atoms with Crippen molar-refractivity contribution in [2.24, 2.45) is 0 Å². The summed E-state index contributed by atoms with van der Waals surface area (Å²) in [6.45, 7) is 11.1. The van der Waals surface area contributed by atoms with Gasteiger partial charge in [-0.15, -0.1) is 0 Å². The van der Waals surface area contributed by atoms with Crippen molar-refractivity contribution < 1.29 is 24.2 Å². The highest BCUT2D eigenvalue weighted by Gasteiger charge is 2.46. The number of aliphatic hydroxyl groups excluding tert-OH is 1. The number of aliphatic hydroxyl groups is 1. The predicted octanol–water partition coefficient (Wildman–Crippen LogP) is 4.17. The maximum absolute atomic E-state index is 13.2. The molecule has 0 radical (unpaired) electrons. The van der Waals surface area contributed by atoms with E-state index in [2.05, 4.69) is 18.7 Å². The van der Waals surface area contributed by atoms with Crippen molar-refractivity contribution in [3.63, 3.8) is 0 Å². The number of hydrogen-bond donors (Lipinski definition) is 1. The van der Waals surface area contributed by atoms with Gasteiger partial charge in [-0.05, 0) is 68.4 Å². The lowest BCUT2D eigenvalue weighted by Crippen LogP contribution is -2.38. The van der Waals surface area contributed by atoms with Crippen molar-refractivity contribution >= 4 is 17.4 Å². The van der Waals surface area contributed by atoms with Gasteiger partial charge in [-0.3, -0.25) is 9.59 Å². The summed E-state index contributed by atoms with van der Waals surface area (Å²) in [5.41, 5.74) is 2.14. The van der Waals surface area contributed by atoms with E-state index in [9.17, 15) is 14.7 Å². The number of benzene rings is 2. The van der Waals surface area contributed by atoms with Gasteiger partial charge in [0.05, 0.1) is 25.3 Å². The molecule has 1 saturated heterocycles. The number of ketones is 1. The molecule has 1 heterocycles. The number of hydrogen-bond acceptors (Lipinski definition) is 6. The first kappa shape index (κ1) is 25.3. The number of likely N-dealkylation sites (tertiary alicyclic amines) is 1. The number of methoxy groups -OCH3 is 1. The largest absolute Gasteiger partial charge is 0.507 e. The second kappa shape index (κ2) is 11.2. The Morgan fingerprint density at radius 2 is 1.74 bits per heavy atom. The summed E-state index contributed by atoms with van der Waals surface area (Å²) >= 11 is 0. The number of Topliss-reactive ketones (excluding diaryl/α,β-unsaturated/α-hetero) is 1. The minimum Gasteiger partial charge on any atom is -0.507 e. The van der Waals surface area contributed by atoms with E-state index in [1.807, 2.05) is 26.0 Å². The molecule has 182 valence electrons. The van der Waals surface area contributed by atoms with E-state index in [0.717, 1.165) is 24.2 Å². The van der Waals surface area contributed by atoms with Gasteiger partial charge in [-0.2, -0.15) is 0 Å². The van der Waals surface area contributed by atoms with Crippen LogP contribution in [-0.4, -0.2) is 66.5 Å². The van der Waals surface area contributed by atoms with Gasteiger partial charge in [0.15, 0.2) is 0 Å². The quantitative estimate of drug-likeness (QED) is 0.322. The first-order valence-corrected chi connectivity index (χ1v) is 11.7. The highest BCUT2D eigenvalue weighted by Crippen LogP contribution is 2.40. The normalized spacial score (nSPS) is 17.5. The van der Waals surface area contributed by atoms with Gasteiger partial charge in [-0.25, -0.2) is 0 Å². The molecule has 7 heteroatoms. The lowest BCUT2D eigenvalue weighted by molar-refractivity contribution is -0.140. The molecular formula is C27H34N2O5. The first-order valence-electron chi connectivity index (χ1n) is 11.7. The molecule has 2 aromatic carbocycles. The van der Waals surface area contributed by atoms with Crippen molar-refractivity contribution in [2.45, 2.75) is 33.7 Å². The van der Waals surface area contributed by atoms with Crippen molar-refractivity contribution in [3.05, 3.63) is 64.7 Å². The molecule has 0 aliphatic carbocycles. The third-order valence-corrected chi connectivity index (χ3v) is 6.27. The van der Waals surface area contributed by atoms with Gasteiger partial charge in [0, 0.05) is 18.7 Å². The van der Waals surface area contributed by atoms with Crippen molar-refractivity contribution in [1.82, 2.24) is 9.80 Å². The molecule has 0 aromatic heterocycles. The van der Waals surface area contributed by atoms with Crippen LogP contribution in [0.2, 0.25) is 0 Å². The zero-order valence-corrected chi connectivity index (χ0v) is 20.6. The fraction of sp³-hybridized carbons (Fsp3) is 0.407. The minimum atomic E-state index is -0.687. The maximum atomic E-state index is 13.2. The molecule has 1 aliphatic heterocycles. The number of aryl methyl sites for hydroxylation is 1. The number of rotatable bonds is 10. The Labute approximate surface area is 201 Å². The smallest absolute Gasteiger partial charge is 0.295 e. The molecule has 0 bridgehead atoms. The number of ether oxygens (including phenoxy) is 2. The second-order valence-corrected chi connectivity index (χ2v) is 8.21. The lowest BCUT2D eigenvalue weighted by Gasteiger charge is -2.28. The molecule has 34 heavy (non-hydrogen) atoms. The van der Waals surface area contributed by atoms with Crippen LogP contribution in [0.5, 0.6) is 11.5 Å². The topological polar surface area (TPSA) is 79.3 Å². The summed E-state index contributed by atoms with van der Waals surface area (Å²) in [5.74, 6) is -0.0753. The van der Waals surface area contributed by atoms with Crippen LogP contribution >= 0.6 is 0 Å². The molecule has 2 aromatic rings. The van der Waals surface area contributed by atoms with Crippen LogP contribution < -0.4 is 9.47 Å². The number of nitrogens with zero attached hydrogens (tertiary/aromatic N) is 2. The molecule has 0 unspecified atom stereocenters. The van der Waals surface area contributed by atoms with Crippen molar-refractivity contribution in [3.8, 4) is 11.5 Å². The summed E-state index contributed by atoms with van der Waals surface area (Å²) in [4.78, 5) is 30.1. The van der Waals surface area contributed by atoms with Gasteiger partial charge in [0.25, 0.3) is 11.7 Å². The first-order chi connectivity index (χ1) is 16.4. The molecule has 0 saturated carbocycles. The highest BCUT2D eigenvalue weighted by molar-refractivity contribution is 6.46. The SMILES string of the molecule is CCOc1ccc(C(O)=C2C(=O)C(=O)N(CCN(CC)CC)[C@@H]2c2ccc(OC)cc2)cc1C. The van der Waals surface area contributed by atoms with Crippen LogP contribution in [0.4, 0.5) is 0 Å². The maximum Gasteiger partial charge on any atom is 0.295 e. The molecule has 1 fully saturated rings. The Morgan fingerprint density at radius 3 is 2.29 bits per heavy atom. The summed E-state index contributed by atoms with van der Waals surface area (Å²) in [6.07, 6.45) is 0. The van der Waals surface area contributed by atoms with Crippen LogP contribution in [0.25, 0.3) is 5.76 Å². The Kier molecular flexibility index (Phi) is 8.34. The molecule has 7 nitrogen and oxygen atoms in total. The molecule has 1 aliphatic rings. The molecule has 1 N–H and O–H groups in total. The third-order valence-electron chi connectivity index (χ3n) is 6.27. The summed E-state index contributed by atoms with van der Waals surface area (Å²) in [5, 5.41) is 11.3. The number of carbonyl (C=O) groups excluding carboxylic acids is 2.